The highest BCUT2D eigenvalue weighted by molar-refractivity contribution is 5.92. The van der Waals surface area contributed by atoms with Gasteiger partial charge in [-0.05, 0) is 37.1 Å². The molecule has 28 heavy (non-hydrogen) atoms. The number of carbonyl (C=O) groups excluding carboxylic acids is 1. The number of rotatable bonds is 8. The van der Waals surface area contributed by atoms with Crippen LogP contribution in [-0.2, 0) is 4.74 Å². The summed E-state index contributed by atoms with van der Waals surface area (Å²) in [6.45, 7) is 5.70. The largest absolute Gasteiger partial charge is 0.460 e. The molecule has 3 rings (SSSR count). The van der Waals surface area contributed by atoms with Crippen molar-refractivity contribution in [1.82, 2.24) is 19.6 Å². The van der Waals surface area contributed by atoms with E-state index in [4.69, 9.17) is 4.74 Å². The maximum atomic E-state index is 12.6. The molecule has 0 N–H and O–H groups in total. The van der Waals surface area contributed by atoms with E-state index in [-0.39, 0.29) is 12.6 Å². The fraction of sp³-hybridized carbons (Fsp3) is 0.400. The predicted molar refractivity (Wildman–Crippen MR) is 109 cm³/mol. The number of aromatic nitrogens is 4. The van der Waals surface area contributed by atoms with Gasteiger partial charge < -0.3 is 14.5 Å². The lowest BCUT2D eigenvalue weighted by Crippen LogP contribution is -2.31. The summed E-state index contributed by atoms with van der Waals surface area (Å²) >= 11 is 0. The van der Waals surface area contributed by atoms with Gasteiger partial charge in [0.1, 0.15) is 18.8 Å². The van der Waals surface area contributed by atoms with E-state index in [2.05, 4.69) is 26.9 Å². The van der Waals surface area contributed by atoms with Crippen LogP contribution in [0.2, 0.25) is 0 Å². The van der Waals surface area contributed by atoms with Crippen LogP contribution in [0.15, 0.2) is 36.8 Å². The molecule has 0 amide bonds. The van der Waals surface area contributed by atoms with Crippen molar-refractivity contribution in [2.24, 2.45) is 0 Å². The molecule has 8 heteroatoms. The SMILES string of the molecule is CCCN(CCOC(=O)c1cccc(N(C)C)c1C)c1ccnc2ncnn12. The van der Waals surface area contributed by atoms with Gasteiger partial charge in [0, 0.05) is 32.5 Å². The summed E-state index contributed by atoms with van der Waals surface area (Å²) in [7, 11) is 3.92. The summed E-state index contributed by atoms with van der Waals surface area (Å²) < 4.78 is 7.27. The van der Waals surface area contributed by atoms with E-state index < -0.39 is 0 Å². The summed E-state index contributed by atoms with van der Waals surface area (Å²) in [5.74, 6) is 1.12. The third kappa shape index (κ3) is 4.05. The van der Waals surface area contributed by atoms with Gasteiger partial charge in [-0.1, -0.05) is 13.0 Å². The Kier molecular flexibility index (Phi) is 6.08. The van der Waals surface area contributed by atoms with Gasteiger partial charge in [-0.2, -0.15) is 14.6 Å². The van der Waals surface area contributed by atoms with Gasteiger partial charge in [0.15, 0.2) is 0 Å². The van der Waals surface area contributed by atoms with Crippen LogP contribution in [-0.4, -0.2) is 59.3 Å². The van der Waals surface area contributed by atoms with Crippen molar-refractivity contribution in [3.63, 3.8) is 0 Å². The predicted octanol–water partition coefficient (Wildman–Crippen LogP) is 2.57. The third-order valence-electron chi connectivity index (χ3n) is 4.58. The van der Waals surface area contributed by atoms with E-state index in [1.807, 2.05) is 44.1 Å². The highest BCUT2D eigenvalue weighted by Gasteiger charge is 2.16. The molecule has 0 atom stereocenters. The Hall–Kier alpha value is -3.16. The minimum Gasteiger partial charge on any atom is -0.460 e. The van der Waals surface area contributed by atoms with Crippen LogP contribution < -0.4 is 9.80 Å². The van der Waals surface area contributed by atoms with E-state index in [0.29, 0.717) is 17.9 Å². The first-order valence-electron chi connectivity index (χ1n) is 9.36. The van der Waals surface area contributed by atoms with Crippen molar-refractivity contribution in [2.45, 2.75) is 20.3 Å². The van der Waals surface area contributed by atoms with Crippen LogP contribution in [0.25, 0.3) is 5.78 Å². The van der Waals surface area contributed by atoms with Crippen LogP contribution in [0.1, 0.15) is 29.3 Å². The lowest BCUT2D eigenvalue weighted by atomic mass is 10.1. The number of esters is 1. The lowest BCUT2D eigenvalue weighted by Gasteiger charge is -2.24. The van der Waals surface area contributed by atoms with Crippen molar-refractivity contribution in [2.75, 3.05) is 43.6 Å². The van der Waals surface area contributed by atoms with Crippen LogP contribution in [0.5, 0.6) is 0 Å². The van der Waals surface area contributed by atoms with Crippen molar-refractivity contribution in [3.8, 4) is 0 Å². The topological polar surface area (TPSA) is 75.9 Å². The maximum Gasteiger partial charge on any atom is 0.338 e. The average Bonchev–Trinajstić information content (AvgIpc) is 3.16. The monoisotopic (exact) mass is 382 g/mol. The molecule has 0 saturated heterocycles. The first kappa shape index (κ1) is 19.6. The van der Waals surface area contributed by atoms with Crippen LogP contribution in [0.3, 0.4) is 0 Å². The molecule has 0 aliphatic carbocycles. The summed E-state index contributed by atoms with van der Waals surface area (Å²) in [6.07, 6.45) is 4.15. The smallest absolute Gasteiger partial charge is 0.338 e. The Labute approximate surface area is 164 Å². The molecular weight excluding hydrogens is 356 g/mol. The molecule has 148 valence electrons. The molecule has 0 fully saturated rings. The molecule has 0 aliphatic heterocycles. The van der Waals surface area contributed by atoms with E-state index in [0.717, 1.165) is 30.0 Å². The molecule has 0 spiro atoms. The minimum atomic E-state index is -0.307. The molecule has 0 aliphatic rings. The lowest BCUT2D eigenvalue weighted by molar-refractivity contribution is 0.0514. The molecular formula is C20H26N6O2. The third-order valence-corrected chi connectivity index (χ3v) is 4.58. The molecule has 2 aromatic heterocycles. The normalized spacial score (nSPS) is 10.9. The Bertz CT molecular complexity index is 953. The molecule has 0 bridgehead atoms. The number of ether oxygens (including phenoxy) is 1. The Morgan fingerprint density at radius 1 is 1.18 bits per heavy atom. The van der Waals surface area contributed by atoms with Crippen LogP contribution in [0.4, 0.5) is 11.5 Å². The molecule has 0 unspecified atom stereocenters. The van der Waals surface area contributed by atoms with Gasteiger partial charge >= 0.3 is 5.97 Å². The van der Waals surface area contributed by atoms with Crippen LogP contribution in [0, 0.1) is 6.92 Å². The second-order valence-corrected chi connectivity index (χ2v) is 6.74. The van der Waals surface area contributed by atoms with E-state index >= 15 is 0 Å². The Morgan fingerprint density at radius 3 is 2.75 bits per heavy atom. The zero-order valence-electron chi connectivity index (χ0n) is 16.8. The average molecular weight is 382 g/mol. The number of benzene rings is 1. The Balaban J connectivity index is 1.69. The fourth-order valence-corrected chi connectivity index (χ4v) is 3.23. The van der Waals surface area contributed by atoms with Gasteiger partial charge in [-0.15, -0.1) is 0 Å². The van der Waals surface area contributed by atoms with Gasteiger partial charge in [0.25, 0.3) is 5.78 Å². The summed E-state index contributed by atoms with van der Waals surface area (Å²) in [4.78, 5) is 25.0. The molecule has 2 heterocycles. The van der Waals surface area contributed by atoms with Gasteiger partial charge in [-0.25, -0.2) is 9.78 Å². The Morgan fingerprint density at radius 2 is 2.00 bits per heavy atom. The number of nitrogens with zero attached hydrogens (tertiary/aromatic N) is 6. The molecule has 0 saturated carbocycles. The zero-order valence-corrected chi connectivity index (χ0v) is 16.8. The van der Waals surface area contributed by atoms with E-state index in [1.165, 1.54) is 6.33 Å². The zero-order chi connectivity index (χ0) is 20.1. The van der Waals surface area contributed by atoms with Crippen molar-refractivity contribution in [3.05, 3.63) is 47.9 Å². The second kappa shape index (κ2) is 8.69. The molecule has 0 radical (unpaired) electrons. The molecule has 1 aromatic carbocycles. The number of fused-ring (bicyclic) bond motifs is 1. The quantitative estimate of drug-likeness (QED) is 0.554. The minimum absolute atomic E-state index is 0.281. The molecule has 3 aromatic rings. The summed E-state index contributed by atoms with van der Waals surface area (Å²) in [5, 5.41) is 4.24. The standard InChI is InChI=1S/C20H26N6O2/c1-5-11-25(18-9-10-21-20-22-14-23-26(18)20)12-13-28-19(27)16-7-6-8-17(15(16)2)24(3)4/h6-10,14H,5,11-13H2,1-4H3. The highest BCUT2D eigenvalue weighted by Crippen LogP contribution is 2.22. The maximum absolute atomic E-state index is 12.6. The summed E-state index contributed by atoms with van der Waals surface area (Å²) in [5.41, 5.74) is 2.52. The van der Waals surface area contributed by atoms with Crippen molar-refractivity contribution in [1.29, 1.82) is 0 Å². The van der Waals surface area contributed by atoms with E-state index in [9.17, 15) is 4.79 Å². The second-order valence-electron chi connectivity index (χ2n) is 6.74. The number of carbonyl (C=O) groups is 1. The summed E-state index contributed by atoms with van der Waals surface area (Å²) in [6, 6.07) is 7.56. The van der Waals surface area contributed by atoms with E-state index in [1.54, 1.807) is 16.8 Å². The van der Waals surface area contributed by atoms with Gasteiger partial charge in [0.2, 0.25) is 0 Å². The number of hydrogen-bond acceptors (Lipinski definition) is 7. The van der Waals surface area contributed by atoms with Crippen molar-refractivity contribution >= 4 is 23.3 Å². The number of anilines is 2. The van der Waals surface area contributed by atoms with Crippen LogP contribution >= 0.6 is 0 Å². The first-order valence-corrected chi connectivity index (χ1v) is 9.36. The molecule has 8 nitrogen and oxygen atoms in total. The highest BCUT2D eigenvalue weighted by atomic mass is 16.5. The van der Waals surface area contributed by atoms with Crippen molar-refractivity contribution < 1.29 is 9.53 Å². The van der Waals surface area contributed by atoms with Gasteiger partial charge in [-0.3, -0.25) is 0 Å². The fourth-order valence-electron chi connectivity index (χ4n) is 3.23. The van der Waals surface area contributed by atoms with Gasteiger partial charge in [0.05, 0.1) is 12.1 Å². The first-order chi connectivity index (χ1) is 13.5. The number of hydrogen-bond donors (Lipinski definition) is 0.